The van der Waals surface area contributed by atoms with E-state index in [0.717, 1.165) is 6.92 Å². The highest BCUT2D eigenvalue weighted by Crippen LogP contribution is 2.18. The first-order chi connectivity index (χ1) is 7.46. The molecule has 0 bridgehead atoms. The summed E-state index contributed by atoms with van der Waals surface area (Å²) < 4.78 is 18.4. The van der Waals surface area contributed by atoms with Crippen molar-refractivity contribution in [3.63, 3.8) is 0 Å². The number of carbonyl (C=O) groups excluding carboxylic acids is 1. The summed E-state index contributed by atoms with van der Waals surface area (Å²) in [4.78, 5) is 11.5. The van der Waals surface area contributed by atoms with Gasteiger partial charge in [0.15, 0.2) is 0 Å². The molecule has 0 aliphatic rings. The van der Waals surface area contributed by atoms with Gasteiger partial charge in [0, 0.05) is 4.47 Å². The maximum absolute atomic E-state index is 13.1. The fraction of sp³-hybridized carbons (Fsp3) is 0.273. The van der Waals surface area contributed by atoms with Crippen LogP contribution in [-0.2, 0) is 4.74 Å². The highest BCUT2D eigenvalue weighted by atomic mass is 79.9. The molecule has 0 aromatic heterocycles. The summed E-state index contributed by atoms with van der Waals surface area (Å²) in [7, 11) is 0. The van der Waals surface area contributed by atoms with Crippen molar-refractivity contribution in [2.75, 3.05) is 6.61 Å². The Morgan fingerprint density at radius 3 is 2.81 bits per heavy atom. The van der Waals surface area contributed by atoms with Crippen molar-refractivity contribution in [3.05, 3.63) is 34.3 Å². The monoisotopic (exact) mass is 285 g/mol. The molecule has 16 heavy (non-hydrogen) atoms. The topological polar surface area (TPSA) is 50.1 Å². The fourth-order valence-corrected chi connectivity index (χ4v) is 1.38. The molecule has 0 fully saturated rings. The molecule has 5 heteroatoms. The molecular weight excluding hydrogens is 277 g/mol. The first kappa shape index (κ1) is 12.7. The number of rotatable bonds is 3. The first-order valence-corrected chi connectivity index (χ1v) is 5.27. The minimum Gasteiger partial charge on any atom is -0.457 e. The van der Waals surface area contributed by atoms with Crippen LogP contribution in [0, 0.1) is 11.3 Å². The van der Waals surface area contributed by atoms with Crippen molar-refractivity contribution < 1.29 is 13.9 Å². The third-order valence-corrected chi connectivity index (χ3v) is 2.49. The lowest BCUT2D eigenvalue weighted by Gasteiger charge is -2.11. The number of esters is 1. The van der Waals surface area contributed by atoms with Crippen molar-refractivity contribution >= 4 is 21.9 Å². The number of halogens is 2. The summed E-state index contributed by atoms with van der Waals surface area (Å²) >= 11 is 3.17. The van der Waals surface area contributed by atoms with Crippen molar-refractivity contribution in [1.29, 1.82) is 5.26 Å². The Balaban J connectivity index is 2.68. The summed E-state index contributed by atoms with van der Waals surface area (Å²) in [5.41, 5.74) is -1.85. The number of alkyl halides is 1. The quantitative estimate of drug-likeness (QED) is 0.803. The van der Waals surface area contributed by atoms with Crippen molar-refractivity contribution in [1.82, 2.24) is 0 Å². The van der Waals surface area contributed by atoms with E-state index in [2.05, 4.69) is 15.9 Å². The summed E-state index contributed by atoms with van der Waals surface area (Å²) in [6.45, 7) is 0.476. The number of benzene rings is 1. The number of nitriles is 1. The molecule has 0 N–H and O–H groups in total. The lowest BCUT2D eigenvalue weighted by molar-refractivity contribution is 0.0325. The molecule has 0 aliphatic carbocycles. The first-order valence-electron chi connectivity index (χ1n) is 4.48. The van der Waals surface area contributed by atoms with Crippen LogP contribution in [0.2, 0.25) is 0 Å². The van der Waals surface area contributed by atoms with Crippen LogP contribution in [0.15, 0.2) is 28.7 Å². The lowest BCUT2D eigenvalue weighted by atomic mass is 10.2. The highest BCUT2D eigenvalue weighted by Gasteiger charge is 2.25. The normalized spacial score (nSPS) is 13.6. The van der Waals surface area contributed by atoms with E-state index in [9.17, 15) is 9.18 Å². The predicted molar refractivity (Wildman–Crippen MR) is 59.6 cm³/mol. The molecule has 0 amide bonds. The Hall–Kier alpha value is -1.41. The zero-order valence-corrected chi connectivity index (χ0v) is 10.1. The maximum atomic E-state index is 13.1. The van der Waals surface area contributed by atoms with Crippen LogP contribution in [-0.4, -0.2) is 18.2 Å². The third kappa shape index (κ3) is 3.31. The highest BCUT2D eigenvalue weighted by molar-refractivity contribution is 9.10. The second-order valence-electron chi connectivity index (χ2n) is 3.37. The van der Waals surface area contributed by atoms with Crippen LogP contribution in [0.1, 0.15) is 17.3 Å². The van der Waals surface area contributed by atoms with Crippen molar-refractivity contribution in [2.24, 2.45) is 0 Å². The summed E-state index contributed by atoms with van der Waals surface area (Å²) in [6.07, 6.45) is 0. The largest absolute Gasteiger partial charge is 0.457 e. The molecule has 1 atom stereocenters. The van der Waals surface area contributed by atoms with Crippen LogP contribution in [0.4, 0.5) is 4.39 Å². The van der Waals surface area contributed by atoms with E-state index < -0.39 is 18.2 Å². The van der Waals surface area contributed by atoms with Crippen molar-refractivity contribution in [2.45, 2.75) is 12.6 Å². The van der Waals surface area contributed by atoms with Gasteiger partial charge in [-0.1, -0.05) is 12.1 Å². The summed E-state index contributed by atoms with van der Waals surface area (Å²) in [5, 5.41) is 8.41. The number of hydrogen-bond donors (Lipinski definition) is 0. The number of ether oxygens (including phenoxy) is 1. The Kier molecular flexibility index (Phi) is 4.02. The standard InChI is InChI=1S/C11H9BrFNO2/c1-11(13,6-14)7-16-10(15)8-4-2-3-5-9(8)12/h2-5H,7H2,1H3/t11-/m1/s1. The second kappa shape index (κ2) is 5.08. The molecule has 0 saturated carbocycles. The van der Waals surface area contributed by atoms with E-state index in [1.165, 1.54) is 6.07 Å². The Bertz CT molecular complexity index is 440. The van der Waals surface area contributed by atoms with E-state index in [1.807, 2.05) is 0 Å². The Morgan fingerprint density at radius 2 is 2.25 bits per heavy atom. The van der Waals surface area contributed by atoms with Gasteiger partial charge in [0.05, 0.1) is 5.56 Å². The van der Waals surface area contributed by atoms with Crippen LogP contribution < -0.4 is 0 Å². The van der Waals surface area contributed by atoms with Crippen LogP contribution in [0.3, 0.4) is 0 Å². The SMILES string of the molecule is C[C@@](F)(C#N)COC(=O)c1ccccc1Br. The van der Waals surface area contributed by atoms with E-state index in [0.29, 0.717) is 10.0 Å². The average molecular weight is 286 g/mol. The maximum Gasteiger partial charge on any atom is 0.339 e. The third-order valence-electron chi connectivity index (χ3n) is 1.80. The van der Waals surface area contributed by atoms with Gasteiger partial charge in [-0.25, -0.2) is 9.18 Å². The number of nitrogens with zero attached hydrogens (tertiary/aromatic N) is 1. The van der Waals surface area contributed by atoms with Gasteiger partial charge in [-0.05, 0) is 35.0 Å². The van der Waals surface area contributed by atoms with Gasteiger partial charge in [-0.15, -0.1) is 0 Å². The summed E-state index contributed by atoms with van der Waals surface area (Å²) in [6, 6.07) is 8.05. The van der Waals surface area contributed by atoms with Gasteiger partial charge in [-0.3, -0.25) is 0 Å². The number of hydrogen-bond acceptors (Lipinski definition) is 3. The molecule has 1 aromatic carbocycles. The van der Waals surface area contributed by atoms with Gasteiger partial charge in [-0.2, -0.15) is 5.26 Å². The van der Waals surface area contributed by atoms with E-state index >= 15 is 0 Å². The lowest BCUT2D eigenvalue weighted by Crippen LogP contribution is -2.25. The van der Waals surface area contributed by atoms with Crippen LogP contribution in [0.25, 0.3) is 0 Å². The molecule has 3 nitrogen and oxygen atoms in total. The molecule has 0 saturated heterocycles. The fourth-order valence-electron chi connectivity index (χ4n) is 0.938. The number of carbonyl (C=O) groups is 1. The Labute approximate surface area is 101 Å². The van der Waals surface area contributed by atoms with Gasteiger partial charge < -0.3 is 4.74 Å². The van der Waals surface area contributed by atoms with E-state index in [-0.39, 0.29) is 0 Å². The minimum atomic E-state index is -2.16. The molecule has 1 rings (SSSR count). The summed E-state index contributed by atoms with van der Waals surface area (Å²) in [5.74, 6) is -0.661. The average Bonchev–Trinajstić information content (AvgIpc) is 2.27. The van der Waals surface area contributed by atoms with Crippen LogP contribution >= 0.6 is 15.9 Å². The zero-order valence-electron chi connectivity index (χ0n) is 8.54. The van der Waals surface area contributed by atoms with Gasteiger partial charge >= 0.3 is 5.97 Å². The minimum absolute atomic E-state index is 0.302. The van der Waals surface area contributed by atoms with E-state index in [4.69, 9.17) is 10.00 Å². The van der Waals surface area contributed by atoms with Gasteiger partial charge in [0.2, 0.25) is 5.67 Å². The molecule has 0 radical (unpaired) electrons. The molecule has 1 aromatic rings. The molecule has 0 aliphatic heterocycles. The van der Waals surface area contributed by atoms with Gasteiger partial charge in [0.25, 0.3) is 0 Å². The molecule has 0 unspecified atom stereocenters. The predicted octanol–water partition coefficient (Wildman–Crippen LogP) is 2.86. The second-order valence-corrected chi connectivity index (χ2v) is 4.22. The van der Waals surface area contributed by atoms with Crippen LogP contribution in [0.5, 0.6) is 0 Å². The molecule has 0 spiro atoms. The zero-order chi connectivity index (χ0) is 12.2. The van der Waals surface area contributed by atoms with Gasteiger partial charge in [0.1, 0.15) is 12.7 Å². The molecule has 84 valence electrons. The smallest absolute Gasteiger partial charge is 0.339 e. The van der Waals surface area contributed by atoms with E-state index in [1.54, 1.807) is 24.3 Å². The molecular formula is C11H9BrFNO2. The molecule has 0 heterocycles. The van der Waals surface area contributed by atoms with Crippen molar-refractivity contribution in [3.8, 4) is 6.07 Å². The Morgan fingerprint density at radius 1 is 1.62 bits per heavy atom.